The molecular weight excluding hydrogens is 210 g/mol. The van der Waals surface area contributed by atoms with Crippen LogP contribution in [0.1, 0.15) is 40.0 Å². The Hall–Kier alpha value is -0.120. The van der Waals surface area contributed by atoms with Crippen molar-refractivity contribution in [3.63, 3.8) is 0 Å². The minimum Gasteiger partial charge on any atom is -0.329 e. The lowest BCUT2D eigenvalue weighted by Crippen LogP contribution is -2.54. The van der Waals surface area contributed by atoms with E-state index in [4.69, 9.17) is 5.73 Å². The van der Waals surface area contributed by atoms with Crippen molar-refractivity contribution in [1.29, 1.82) is 0 Å². The minimum atomic E-state index is 0.186. The van der Waals surface area contributed by atoms with Crippen LogP contribution in [0, 0.1) is 5.92 Å². The summed E-state index contributed by atoms with van der Waals surface area (Å²) >= 11 is 0. The highest BCUT2D eigenvalue weighted by Gasteiger charge is 2.32. The maximum Gasteiger partial charge on any atom is 0.0329 e. The van der Waals surface area contributed by atoms with Crippen molar-refractivity contribution in [2.24, 2.45) is 11.7 Å². The zero-order chi connectivity index (χ0) is 13.5. The lowest BCUT2D eigenvalue weighted by atomic mass is 9.83. The van der Waals surface area contributed by atoms with Crippen molar-refractivity contribution in [2.75, 3.05) is 40.8 Å². The van der Waals surface area contributed by atoms with Crippen LogP contribution >= 0.6 is 0 Å². The molecule has 0 rings (SSSR count). The highest BCUT2D eigenvalue weighted by atomic mass is 15.2. The van der Waals surface area contributed by atoms with E-state index in [1.54, 1.807) is 0 Å². The van der Waals surface area contributed by atoms with Crippen LogP contribution in [0.15, 0.2) is 0 Å². The van der Waals surface area contributed by atoms with E-state index in [-0.39, 0.29) is 5.54 Å². The Kier molecular flexibility index (Phi) is 8.01. The van der Waals surface area contributed by atoms with E-state index in [1.807, 2.05) is 0 Å². The molecule has 0 aliphatic carbocycles. The first-order valence-electron chi connectivity index (χ1n) is 6.97. The molecule has 2 atom stereocenters. The first kappa shape index (κ1) is 16.9. The van der Waals surface area contributed by atoms with E-state index in [9.17, 15) is 0 Å². The summed E-state index contributed by atoms with van der Waals surface area (Å²) in [6.45, 7) is 9.81. The second kappa shape index (κ2) is 8.06. The number of nitrogens with zero attached hydrogens (tertiary/aromatic N) is 2. The predicted octanol–water partition coefficient (Wildman–Crippen LogP) is 2.02. The zero-order valence-electron chi connectivity index (χ0n) is 12.8. The van der Waals surface area contributed by atoms with Gasteiger partial charge >= 0.3 is 0 Å². The van der Waals surface area contributed by atoms with E-state index in [0.717, 1.165) is 32.0 Å². The molecule has 3 heteroatoms. The number of hydrogen-bond donors (Lipinski definition) is 1. The second-order valence-electron chi connectivity index (χ2n) is 5.72. The molecular formula is C14H33N3. The summed E-state index contributed by atoms with van der Waals surface area (Å²) in [7, 11) is 6.47. The Labute approximate surface area is 108 Å². The molecule has 0 saturated carbocycles. The monoisotopic (exact) mass is 243 g/mol. The fraction of sp³-hybridized carbons (Fsp3) is 1.00. The molecule has 3 nitrogen and oxygen atoms in total. The molecule has 0 aromatic rings. The van der Waals surface area contributed by atoms with Gasteiger partial charge < -0.3 is 10.6 Å². The van der Waals surface area contributed by atoms with Crippen LogP contribution in [-0.2, 0) is 0 Å². The van der Waals surface area contributed by atoms with E-state index in [2.05, 4.69) is 51.7 Å². The number of likely N-dealkylation sites (N-methyl/N-ethyl adjacent to an activating group) is 2. The van der Waals surface area contributed by atoms with Crippen LogP contribution in [-0.4, -0.2) is 56.1 Å². The Morgan fingerprint density at radius 1 is 1.12 bits per heavy atom. The fourth-order valence-corrected chi connectivity index (χ4v) is 2.33. The van der Waals surface area contributed by atoms with Crippen LogP contribution < -0.4 is 5.73 Å². The van der Waals surface area contributed by atoms with Crippen molar-refractivity contribution in [3.8, 4) is 0 Å². The zero-order valence-corrected chi connectivity index (χ0v) is 12.8. The average molecular weight is 243 g/mol. The largest absolute Gasteiger partial charge is 0.329 e. The highest BCUT2D eigenvalue weighted by molar-refractivity contribution is 4.90. The van der Waals surface area contributed by atoms with E-state index in [0.29, 0.717) is 0 Å². The van der Waals surface area contributed by atoms with Crippen molar-refractivity contribution >= 4 is 0 Å². The smallest absolute Gasteiger partial charge is 0.0329 e. The lowest BCUT2D eigenvalue weighted by Gasteiger charge is -2.43. The molecule has 0 aromatic heterocycles. The molecule has 0 saturated heterocycles. The van der Waals surface area contributed by atoms with E-state index >= 15 is 0 Å². The third kappa shape index (κ3) is 5.36. The molecule has 0 spiro atoms. The summed E-state index contributed by atoms with van der Waals surface area (Å²) in [5, 5.41) is 0. The molecule has 104 valence electrons. The van der Waals surface area contributed by atoms with Gasteiger partial charge in [-0.25, -0.2) is 0 Å². The molecule has 17 heavy (non-hydrogen) atoms. The van der Waals surface area contributed by atoms with Crippen molar-refractivity contribution in [1.82, 2.24) is 9.80 Å². The molecule has 0 aliphatic rings. The second-order valence-corrected chi connectivity index (χ2v) is 5.72. The first-order chi connectivity index (χ1) is 7.91. The van der Waals surface area contributed by atoms with Crippen LogP contribution in [0.2, 0.25) is 0 Å². The molecule has 2 unspecified atom stereocenters. The van der Waals surface area contributed by atoms with Gasteiger partial charge in [0.25, 0.3) is 0 Å². The maximum atomic E-state index is 6.07. The Morgan fingerprint density at radius 2 is 1.71 bits per heavy atom. The molecule has 0 aliphatic heterocycles. The van der Waals surface area contributed by atoms with Crippen molar-refractivity contribution < 1.29 is 0 Å². The maximum absolute atomic E-state index is 6.07. The van der Waals surface area contributed by atoms with Gasteiger partial charge in [0.15, 0.2) is 0 Å². The van der Waals surface area contributed by atoms with E-state index in [1.165, 1.54) is 12.8 Å². The fourth-order valence-electron chi connectivity index (χ4n) is 2.33. The minimum absolute atomic E-state index is 0.186. The van der Waals surface area contributed by atoms with Gasteiger partial charge in [-0.1, -0.05) is 27.2 Å². The number of rotatable bonds is 9. The van der Waals surface area contributed by atoms with Gasteiger partial charge in [0.2, 0.25) is 0 Å². The number of nitrogens with two attached hydrogens (primary N) is 1. The summed E-state index contributed by atoms with van der Waals surface area (Å²) in [6.07, 6.45) is 3.58. The summed E-state index contributed by atoms with van der Waals surface area (Å²) in [5.41, 5.74) is 6.26. The molecule has 0 aromatic carbocycles. The lowest BCUT2D eigenvalue weighted by molar-refractivity contribution is 0.0857. The van der Waals surface area contributed by atoms with Crippen molar-refractivity contribution in [2.45, 2.75) is 45.6 Å². The highest BCUT2D eigenvalue weighted by Crippen LogP contribution is 2.27. The molecule has 0 amide bonds. The Morgan fingerprint density at radius 3 is 2.06 bits per heavy atom. The normalized spacial score (nSPS) is 17.5. The van der Waals surface area contributed by atoms with Crippen LogP contribution in [0.25, 0.3) is 0 Å². The topological polar surface area (TPSA) is 32.5 Å². The quantitative estimate of drug-likeness (QED) is 0.672. The predicted molar refractivity (Wildman–Crippen MR) is 77.3 cm³/mol. The Bertz CT molecular complexity index is 188. The van der Waals surface area contributed by atoms with Gasteiger partial charge in [-0.2, -0.15) is 0 Å². The average Bonchev–Trinajstić information content (AvgIpc) is 2.32. The summed E-state index contributed by atoms with van der Waals surface area (Å²) in [6, 6.07) is 0. The summed E-state index contributed by atoms with van der Waals surface area (Å²) in [4.78, 5) is 4.70. The molecule has 2 N–H and O–H groups in total. The summed E-state index contributed by atoms with van der Waals surface area (Å²) in [5.74, 6) is 0.750. The summed E-state index contributed by atoms with van der Waals surface area (Å²) < 4.78 is 0. The van der Waals surface area contributed by atoms with Gasteiger partial charge in [0, 0.05) is 25.2 Å². The Balaban J connectivity index is 4.55. The van der Waals surface area contributed by atoms with Crippen LogP contribution in [0.5, 0.6) is 0 Å². The molecule has 0 fully saturated rings. The third-order valence-corrected chi connectivity index (χ3v) is 4.16. The standard InChI is InChI=1S/C14H33N3/c1-7-13(3)11-14(8-2,12-15)17(6)10-9-16(4)5/h13H,7-12,15H2,1-6H3. The molecule has 0 heterocycles. The van der Waals surface area contributed by atoms with E-state index < -0.39 is 0 Å². The van der Waals surface area contributed by atoms with Crippen LogP contribution in [0.3, 0.4) is 0 Å². The molecule has 0 bridgehead atoms. The van der Waals surface area contributed by atoms with Gasteiger partial charge in [0.05, 0.1) is 0 Å². The first-order valence-corrected chi connectivity index (χ1v) is 6.97. The van der Waals surface area contributed by atoms with Gasteiger partial charge in [-0.15, -0.1) is 0 Å². The number of hydrogen-bond acceptors (Lipinski definition) is 3. The van der Waals surface area contributed by atoms with Gasteiger partial charge in [0.1, 0.15) is 0 Å². The third-order valence-electron chi connectivity index (χ3n) is 4.16. The SMILES string of the molecule is CCC(C)CC(CC)(CN)N(C)CCN(C)C. The molecule has 0 radical (unpaired) electrons. The van der Waals surface area contributed by atoms with Gasteiger partial charge in [-0.05, 0) is 39.9 Å². The van der Waals surface area contributed by atoms with Crippen LogP contribution in [0.4, 0.5) is 0 Å². The van der Waals surface area contributed by atoms with Crippen molar-refractivity contribution in [3.05, 3.63) is 0 Å². The van der Waals surface area contributed by atoms with Gasteiger partial charge in [-0.3, -0.25) is 4.90 Å².